The van der Waals surface area contributed by atoms with Crippen molar-refractivity contribution in [2.45, 2.75) is 46.1 Å². The number of hydrogen-bond donors (Lipinski definition) is 1. The van der Waals surface area contributed by atoms with Gasteiger partial charge in [0.25, 0.3) is 5.91 Å². The summed E-state index contributed by atoms with van der Waals surface area (Å²) in [4.78, 5) is 24.2. The molecule has 0 radical (unpaired) electrons. The van der Waals surface area contributed by atoms with Crippen LogP contribution in [0.15, 0.2) is 48.5 Å². The molecule has 2 aromatic carbocycles. The summed E-state index contributed by atoms with van der Waals surface area (Å²) in [5.41, 5.74) is 3.23. The predicted molar refractivity (Wildman–Crippen MR) is 109 cm³/mol. The molecule has 2 rings (SSSR count). The number of esters is 1. The van der Waals surface area contributed by atoms with Crippen molar-refractivity contribution < 1.29 is 19.1 Å². The van der Waals surface area contributed by atoms with Crippen molar-refractivity contribution >= 4 is 11.9 Å². The number of hydrogen-bond acceptors (Lipinski definition) is 4. The second kappa shape index (κ2) is 10.5. The van der Waals surface area contributed by atoms with E-state index in [0.717, 1.165) is 23.1 Å². The molecule has 0 aliphatic rings. The summed E-state index contributed by atoms with van der Waals surface area (Å²) in [5.74, 6) is 0.0671. The highest BCUT2D eigenvalue weighted by molar-refractivity contribution is 5.83. The van der Waals surface area contributed by atoms with Crippen LogP contribution in [0.4, 0.5) is 0 Å². The van der Waals surface area contributed by atoms with Crippen molar-refractivity contribution in [2.75, 3.05) is 13.2 Å². The average molecular weight is 383 g/mol. The Balaban J connectivity index is 1.77. The van der Waals surface area contributed by atoms with Gasteiger partial charge in [-0.2, -0.15) is 0 Å². The number of aryl methyl sites for hydroxylation is 1. The summed E-state index contributed by atoms with van der Waals surface area (Å²) in [7, 11) is 0. The maximum atomic E-state index is 12.1. The lowest BCUT2D eigenvalue weighted by molar-refractivity contribution is -0.156. The SMILES string of the molecule is Cc1ccc(C(C)C)c(OCC(=O)OC(C)C(=O)NCCc2ccccc2)c1. The quantitative estimate of drug-likeness (QED) is 0.669. The van der Waals surface area contributed by atoms with Gasteiger partial charge in [0.15, 0.2) is 12.7 Å². The molecular weight excluding hydrogens is 354 g/mol. The lowest BCUT2D eigenvalue weighted by Crippen LogP contribution is -2.37. The fourth-order valence-electron chi connectivity index (χ4n) is 2.78. The molecule has 1 unspecified atom stereocenters. The van der Waals surface area contributed by atoms with Crippen LogP contribution >= 0.6 is 0 Å². The van der Waals surface area contributed by atoms with Crippen LogP contribution in [0, 0.1) is 6.92 Å². The molecule has 1 amide bonds. The van der Waals surface area contributed by atoms with Gasteiger partial charge in [-0.25, -0.2) is 4.79 Å². The van der Waals surface area contributed by atoms with Crippen molar-refractivity contribution in [3.63, 3.8) is 0 Å². The molecule has 0 spiro atoms. The van der Waals surface area contributed by atoms with Gasteiger partial charge in [0, 0.05) is 6.54 Å². The fraction of sp³-hybridized carbons (Fsp3) is 0.391. The number of amides is 1. The van der Waals surface area contributed by atoms with Gasteiger partial charge in [-0.1, -0.05) is 56.3 Å². The van der Waals surface area contributed by atoms with Crippen molar-refractivity contribution in [1.29, 1.82) is 0 Å². The van der Waals surface area contributed by atoms with Crippen LogP contribution in [0.3, 0.4) is 0 Å². The Morgan fingerprint density at radius 1 is 1.04 bits per heavy atom. The third-order valence-corrected chi connectivity index (χ3v) is 4.37. The lowest BCUT2D eigenvalue weighted by atomic mass is 10.0. The summed E-state index contributed by atoms with van der Waals surface area (Å²) >= 11 is 0. The van der Waals surface area contributed by atoms with Gasteiger partial charge in [0.1, 0.15) is 5.75 Å². The van der Waals surface area contributed by atoms with Crippen LogP contribution in [-0.4, -0.2) is 31.1 Å². The topological polar surface area (TPSA) is 64.6 Å². The van der Waals surface area contributed by atoms with E-state index in [2.05, 4.69) is 19.2 Å². The third kappa shape index (κ3) is 6.72. The van der Waals surface area contributed by atoms with E-state index >= 15 is 0 Å². The molecule has 0 bridgehead atoms. The molecule has 2 aromatic rings. The molecule has 0 aliphatic heterocycles. The molecule has 0 saturated carbocycles. The number of nitrogens with one attached hydrogen (secondary N) is 1. The van der Waals surface area contributed by atoms with Gasteiger partial charge >= 0.3 is 5.97 Å². The minimum atomic E-state index is -0.867. The van der Waals surface area contributed by atoms with Crippen molar-refractivity contribution in [1.82, 2.24) is 5.32 Å². The number of carbonyl (C=O) groups is 2. The highest BCUT2D eigenvalue weighted by Gasteiger charge is 2.18. The van der Waals surface area contributed by atoms with Gasteiger partial charge in [-0.3, -0.25) is 4.79 Å². The molecular formula is C23H29NO4. The van der Waals surface area contributed by atoms with Gasteiger partial charge in [-0.05, 0) is 48.9 Å². The normalized spacial score (nSPS) is 11.8. The zero-order chi connectivity index (χ0) is 20.5. The van der Waals surface area contributed by atoms with Crippen LogP contribution in [0.5, 0.6) is 5.75 Å². The van der Waals surface area contributed by atoms with Gasteiger partial charge in [0.05, 0.1) is 0 Å². The van der Waals surface area contributed by atoms with Gasteiger partial charge in [0.2, 0.25) is 0 Å². The van der Waals surface area contributed by atoms with E-state index in [1.165, 1.54) is 0 Å². The van der Waals surface area contributed by atoms with Crippen molar-refractivity contribution in [3.8, 4) is 5.75 Å². The molecule has 28 heavy (non-hydrogen) atoms. The van der Waals surface area contributed by atoms with Crippen molar-refractivity contribution in [2.24, 2.45) is 0 Å². The largest absolute Gasteiger partial charge is 0.482 e. The fourth-order valence-corrected chi connectivity index (χ4v) is 2.78. The standard InChI is InChI=1S/C23H29NO4/c1-16(2)20-11-10-17(3)14-21(20)27-15-22(25)28-18(4)23(26)24-13-12-19-8-6-5-7-9-19/h5-11,14,16,18H,12-13,15H2,1-4H3,(H,24,26). The van der Waals surface area contributed by atoms with E-state index in [1.54, 1.807) is 6.92 Å². The molecule has 0 saturated heterocycles. The first kappa shape index (κ1) is 21.5. The maximum Gasteiger partial charge on any atom is 0.344 e. The molecule has 0 heterocycles. The summed E-state index contributed by atoms with van der Waals surface area (Å²) in [6.45, 7) is 7.92. The van der Waals surface area contributed by atoms with Crippen LogP contribution in [0.2, 0.25) is 0 Å². The Kier molecular flexibility index (Phi) is 8.05. The summed E-state index contributed by atoms with van der Waals surface area (Å²) in [6, 6.07) is 15.8. The van der Waals surface area contributed by atoms with Crippen LogP contribution in [-0.2, 0) is 20.7 Å². The molecule has 1 N–H and O–H groups in total. The molecule has 0 fully saturated rings. The molecule has 150 valence electrons. The number of ether oxygens (including phenoxy) is 2. The highest BCUT2D eigenvalue weighted by atomic mass is 16.6. The zero-order valence-electron chi connectivity index (χ0n) is 17.0. The zero-order valence-corrected chi connectivity index (χ0v) is 17.0. The highest BCUT2D eigenvalue weighted by Crippen LogP contribution is 2.27. The molecule has 5 nitrogen and oxygen atoms in total. The lowest BCUT2D eigenvalue weighted by Gasteiger charge is -2.16. The van der Waals surface area contributed by atoms with Crippen molar-refractivity contribution in [3.05, 3.63) is 65.2 Å². The Labute approximate surface area is 167 Å². The average Bonchev–Trinajstić information content (AvgIpc) is 2.66. The van der Waals surface area contributed by atoms with E-state index in [9.17, 15) is 9.59 Å². The second-order valence-electron chi connectivity index (χ2n) is 7.14. The summed E-state index contributed by atoms with van der Waals surface area (Å²) in [6.07, 6.45) is -0.143. The predicted octanol–water partition coefficient (Wildman–Crippen LogP) is 3.79. The summed E-state index contributed by atoms with van der Waals surface area (Å²) in [5, 5.41) is 2.78. The Hall–Kier alpha value is -2.82. The third-order valence-electron chi connectivity index (χ3n) is 4.37. The van der Waals surface area contributed by atoms with E-state index in [1.807, 2.05) is 55.5 Å². The monoisotopic (exact) mass is 383 g/mol. The Morgan fingerprint density at radius 3 is 2.43 bits per heavy atom. The van der Waals surface area contributed by atoms with E-state index < -0.39 is 12.1 Å². The van der Waals surface area contributed by atoms with E-state index in [-0.39, 0.29) is 18.4 Å². The van der Waals surface area contributed by atoms with E-state index in [0.29, 0.717) is 12.3 Å². The minimum absolute atomic E-state index is 0.231. The first-order valence-electron chi connectivity index (χ1n) is 9.61. The summed E-state index contributed by atoms with van der Waals surface area (Å²) < 4.78 is 10.8. The maximum absolute atomic E-state index is 12.1. The van der Waals surface area contributed by atoms with Gasteiger partial charge < -0.3 is 14.8 Å². The second-order valence-corrected chi connectivity index (χ2v) is 7.14. The van der Waals surface area contributed by atoms with Crippen LogP contribution < -0.4 is 10.1 Å². The molecule has 1 atom stereocenters. The van der Waals surface area contributed by atoms with Gasteiger partial charge in [-0.15, -0.1) is 0 Å². The number of carbonyl (C=O) groups excluding carboxylic acids is 2. The molecule has 5 heteroatoms. The minimum Gasteiger partial charge on any atom is -0.482 e. The first-order valence-corrected chi connectivity index (χ1v) is 9.61. The Bertz CT molecular complexity index is 786. The number of rotatable bonds is 9. The smallest absolute Gasteiger partial charge is 0.344 e. The van der Waals surface area contributed by atoms with Crippen LogP contribution in [0.1, 0.15) is 43.4 Å². The number of benzene rings is 2. The Morgan fingerprint density at radius 2 is 1.75 bits per heavy atom. The van der Waals surface area contributed by atoms with E-state index in [4.69, 9.17) is 9.47 Å². The van der Waals surface area contributed by atoms with Crippen LogP contribution in [0.25, 0.3) is 0 Å². The molecule has 0 aromatic heterocycles. The first-order chi connectivity index (χ1) is 13.4. The molecule has 0 aliphatic carbocycles.